The summed E-state index contributed by atoms with van der Waals surface area (Å²) in [5.74, 6) is -2.86. The summed E-state index contributed by atoms with van der Waals surface area (Å²) in [5, 5.41) is 9.24. The summed E-state index contributed by atoms with van der Waals surface area (Å²) in [5.41, 5.74) is 2.08. The Hall–Kier alpha value is -4.47. The van der Waals surface area contributed by atoms with Crippen molar-refractivity contribution in [3.05, 3.63) is 71.9 Å². The van der Waals surface area contributed by atoms with E-state index < -0.39 is 35.6 Å². The maximum Gasteiger partial charge on any atom is 0.289 e. The first-order valence-corrected chi connectivity index (χ1v) is 15.2. The van der Waals surface area contributed by atoms with E-state index in [2.05, 4.69) is 20.9 Å². The number of ketones is 1. The molecule has 2 aromatic carbocycles. The maximum absolute atomic E-state index is 14.0. The third-order valence-corrected chi connectivity index (χ3v) is 9.25. The minimum Gasteiger partial charge on any atom is -0.356 e. The van der Waals surface area contributed by atoms with Crippen molar-refractivity contribution in [1.82, 2.24) is 25.8 Å². The number of carbonyl (C=O) groups excluding carboxylic acids is 5. The van der Waals surface area contributed by atoms with Crippen molar-refractivity contribution in [1.29, 1.82) is 0 Å². The molecule has 0 bridgehead atoms. The number of amides is 4. The number of carbonyl (C=O) groups is 5. The number of fused-ring (bicyclic) bond motifs is 2. The SMILES string of the molecule is O=C(NCc1ccccc1)C(=O)C(C[C@@H]1CCCNC1=O)NC(=O)[C@@H]1[C@H]2CCC[C@H]2CN1C(=O)c1cc2ccccc2[nH]1. The molecule has 3 aliphatic rings. The number of aromatic amines is 1. The Morgan fingerprint density at radius 3 is 2.53 bits per heavy atom. The summed E-state index contributed by atoms with van der Waals surface area (Å²) in [7, 11) is 0. The second-order valence-corrected chi connectivity index (χ2v) is 12.0. The lowest BCUT2D eigenvalue weighted by Crippen LogP contribution is -2.55. The van der Waals surface area contributed by atoms with Gasteiger partial charge in [0, 0.05) is 36.5 Å². The first-order chi connectivity index (χ1) is 20.9. The molecule has 0 spiro atoms. The van der Waals surface area contributed by atoms with Crippen LogP contribution in [-0.4, -0.2) is 64.5 Å². The van der Waals surface area contributed by atoms with Crippen LogP contribution >= 0.6 is 0 Å². The summed E-state index contributed by atoms with van der Waals surface area (Å²) in [6.07, 6.45) is 4.05. The van der Waals surface area contributed by atoms with E-state index in [1.165, 1.54) is 0 Å². The number of nitrogens with zero attached hydrogens (tertiary/aromatic N) is 1. The van der Waals surface area contributed by atoms with Gasteiger partial charge in [0.05, 0.1) is 6.04 Å². The molecule has 5 atom stereocenters. The highest BCUT2D eigenvalue weighted by Gasteiger charge is 2.50. The Bertz CT molecular complexity index is 1500. The lowest BCUT2D eigenvalue weighted by atomic mass is 9.89. The van der Waals surface area contributed by atoms with E-state index in [0.717, 1.165) is 42.1 Å². The van der Waals surface area contributed by atoms with Crippen molar-refractivity contribution in [2.45, 2.75) is 57.2 Å². The smallest absolute Gasteiger partial charge is 0.289 e. The Labute approximate surface area is 250 Å². The number of benzene rings is 2. The Kier molecular flexibility index (Phi) is 8.26. The van der Waals surface area contributed by atoms with E-state index in [9.17, 15) is 24.0 Å². The minimum atomic E-state index is -1.19. The summed E-state index contributed by atoms with van der Waals surface area (Å²) >= 11 is 0. The molecular weight excluding hydrogens is 546 g/mol. The number of H-pyrrole nitrogens is 1. The van der Waals surface area contributed by atoms with Gasteiger partial charge in [-0.2, -0.15) is 0 Å². The molecule has 3 aromatic rings. The number of hydrogen-bond acceptors (Lipinski definition) is 5. The standard InChI is InChI=1S/C33H37N5O5/c39-29(32(42)35-18-20-8-2-1-3-9-20)26(17-22-12-7-15-34-30(22)40)37-31(41)28-24-13-6-11-23(24)19-38(28)33(43)27-16-21-10-4-5-14-25(21)36-27/h1-5,8-10,14,16,22-24,26,28,36H,6-7,11-13,15,17-19H2,(H,34,40)(H,35,42)(H,37,41)/t22-,23-,24-,26?,28-/m0/s1. The topological polar surface area (TPSA) is 140 Å². The highest BCUT2D eigenvalue weighted by atomic mass is 16.2. The normalized spacial score (nSPS) is 23.8. The average Bonchev–Trinajstić information content (AvgIpc) is 3.75. The average molecular weight is 584 g/mol. The zero-order chi connectivity index (χ0) is 29.9. The highest BCUT2D eigenvalue weighted by molar-refractivity contribution is 6.38. The Morgan fingerprint density at radius 2 is 1.74 bits per heavy atom. The zero-order valence-electron chi connectivity index (χ0n) is 24.0. The van der Waals surface area contributed by atoms with Crippen molar-refractivity contribution >= 4 is 40.3 Å². The number of likely N-dealkylation sites (tertiary alicyclic amines) is 1. The number of nitrogens with one attached hydrogen (secondary N) is 4. The van der Waals surface area contributed by atoms with Gasteiger partial charge in [0.25, 0.3) is 11.8 Å². The molecule has 10 heteroatoms. The van der Waals surface area contributed by atoms with E-state index >= 15 is 0 Å². The van der Waals surface area contributed by atoms with Gasteiger partial charge in [0.2, 0.25) is 17.6 Å². The fourth-order valence-corrected chi connectivity index (χ4v) is 7.05. The van der Waals surface area contributed by atoms with Crippen LogP contribution in [0.15, 0.2) is 60.7 Å². The molecule has 43 heavy (non-hydrogen) atoms. The van der Waals surface area contributed by atoms with Crippen LogP contribution in [0.5, 0.6) is 0 Å². The third-order valence-electron chi connectivity index (χ3n) is 9.25. The van der Waals surface area contributed by atoms with Crippen LogP contribution in [0.1, 0.15) is 54.6 Å². The number of aromatic nitrogens is 1. The second-order valence-electron chi connectivity index (χ2n) is 12.0. The van der Waals surface area contributed by atoms with E-state index in [-0.39, 0.29) is 36.6 Å². The van der Waals surface area contributed by atoms with Crippen LogP contribution in [0.25, 0.3) is 10.9 Å². The molecule has 2 aliphatic heterocycles. The molecule has 6 rings (SSSR count). The summed E-state index contributed by atoms with van der Waals surface area (Å²) in [4.78, 5) is 71.8. The van der Waals surface area contributed by atoms with Crippen LogP contribution in [-0.2, 0) is 25.7 Å². The van der Waals surface area contributed by atoms with Gasteiger partial charge in [-0.3, -0.25) is 24.0 Å². The summed E-state index contributed by atoms with van der Waals surface area (Å²) in [6, 6.07) is 16.7. The lowest BCUT2D eigenvalue weighted by Gasteiger charge is -2.30. The molecule has 3 fully saturated rings. The second kappa shape index (κ2) is 12.4. The molecule has 10 nitrogen and oxygen atoms in total. The number of piperidine rings is 1. The van der Waals surface area contributed by atoms with Gasteiger partial charge >= 0.3 is 0 Å². The molecule has 4 amide bonds. The Morgan fingerprint density at radius 1 is 0.953 bits per heavy atom. The van der Waals surface area contributed by atoms with Gasteiger partial charge in [-0.15, -0.1) is 0 Å². The van der Waals surface area contributed by atoms with Gasteiger partial charge in [-0.25, -0.2) is 0 Å². The lowest BCUT2D eigenvalue weighted by molar-refractivity contribution is -0.141. The Balaban J connectivity index is 1.22. The molecule has 1 aromatic heterocycles. The molecular formula is C33H37N5O5. The van der Waals surface area contributed by atoms with E-state index in [0.29, 0.717) is 25.2 Å². The fraction of sp³-hybridized carbons (Fsp3) is 0.424. The monoisotopic (exact) mass is 583 g/mol. The third kappa shape index (κ3) is 6.04. The largest absolute Gasteiger partial charge is 0.356 e. The first-order valence-electron chi connectivity index (χ1n) is 15.2. The number of Topliss-reactive ketones (excluding diaryl/α,β-unsaturated/α-hetero) is 1. The van der Waals surface area contributed by atoms with Crippen LogP contribution in [0.3, 0.4) is 0 Å². The number of rotatable bonds is 9. The van der Waals surface area contributed by atoms with Crippen molar-refractivity contribution in [3.63, 3.8) is 0 Å². The molecule has 3 heterocycles. The maximum atomic E-state index is 14.0. The van der Waals surface area contributed by atoms with Gasteiger partial charge in [-0.05, 0) is 61.6 Å². The predicted octanol–water partition coefficient (Wildman–Crippen LogP) is 2.70. The van der Waals surface area contributed by atoms with Crippen LogP contribution in [0.4, 0.5) is 0 Å². The van der Waals surface area contributed by atoms with Crippen LogP contribution in [0, 0.1) is 17.8 Å². The quantitative estimate of drug-likeness (QED) is 0.287. The molecule has 4 N–H and O–H groups in total. The number of hydrogen-bond donors (Lipinski definition) is 4. The number of para-hydroxylation sites is 1. The van der Waals surface area contributed by atoms with E-state index in [4.69, 9.17) is 0 Å². The molecule has 0 radical (unpaired) electrons. The van der Waals surface area contributed by atoms with Crippen molar-refractivity contribution in [3.8, 4) is 0 Å². The first kappa shape index (κ1) is 28.6. The molecule has 2 saturated heterocycles. The van der Waals surface area contributed by atoms with Gasteiger partial charge < -0.3 is 25.8 Å². The van der Waals surface area contributed by atoms with Gasteiger partial charge in [0.1, 0.15) is 11.7 Å². The summed E-state index contributed by atoms with van der Waals surface area (Å²) in [6.45, 7) is 1.18. The van der Waals surface area contributed by atoms with E-state index in [1.807, 2.05) is 54.6 Å². The molecule has 1 saturated carbocycles. The zero-order valence-corrected chi connectivity index (χ0v) is 24.0. The highest BCUT2D eigenvalue weighted by Crippen LogP contribution is 2.43. The van der Waals surface area contributed by atoms with Crippen molar-refractivity contribution in [2.75, 3.05) is 13.1 Å². The molecule has 1 unspecified atom stereocenters. The van der Waals surface area contributed by atoms with Gasteiger partial charge in [-0.1, -0.05) is 55.0 Å². The van der Waals surface area contributed by atoms with E-state index in [1.54, 1.807) is 11.0 Å². The van der Waals surface area contributed by atoms with Crippen LogP contribution < -0.4 is 16.0 Å². The van der Waals surface area contributed by atoms with Crippen molar-refractivity contribution < 1.29 is 24.0 Å². The molecule has 224 valence electrons. The van der Waals surface area contributed by atoms with Gasteiger partial charge in [0.15, 0.2) is 0 Å². The van der Waals surface area contributed by atoms with Crippen molar-refractivity contribution in [2.24, 2.45) is 17.8 Å². The molecule has 1 aliphatic carbocycles. The summed E-state index contributed by atoms with van der Waals surface area (Å²) < 4.78 is 0. The van der Waals surface area contributed by atoms with Crippen LogP contribution in [0.2, 0.25) is 0 Å². The minimum absolute atomic E-state index is 0.0198. The fourth-order valence-electron chi connectivity index (χ4n) is 7.05. The predicted molar refractivity (Wildman–Crippen MR) is 160 cm³/mol.